The number of halogens is 2. The van der Waals surface area contributed by atoms with E-state index in [4.69, 9.17) is 19.1 Å². The van der Waals surface area contributed by atoms with Gasteiger partial charge in [0.2, 0.25) is 0 Å². The molecule has 4 atom stereocenters. The first-order valence-corrected chi connectivity index (χ1v) is 24.1. The fourth-order valence-corrected chi connectivity index (χ4v) is 12.4. The first kappa shape index (κ1) is 44.3. The van der Waals surface area contributed by atoms with Gasteiger partial charge in [-0.1, -0.05) is 18.1 Å². The van der Waals surface area contributed by atoms with Crippen LogP contribution in [-0.2, 0) is 28.5 Å². The summed E-state index contributed by atoms with van der Waals surface area (Å²) in [5.74, 6) is -0.975. The van der Waals surface area contributed by atoms with E-state index in [1.165, 1.54) is 21.5 Å². The average Bonchev–Trinajstić information content (AvgIpc) is 3.96. The summed E-state index contributed by atoms with van der Waals surface area (Å²) < 4.78 is 56.9. The number of nitrogens with zero attached hydrogens (tertiary/aromatic N) is 9. The Labute approximate surface area is 400 Å². The van der Waals surface area contributed by atoms with Gasteiger partial charge in [-0.25, -0.2) is 23.1 Å². The molecule has 5 aromatic heterocycles. The van der Waals surface area contributed by atoms with Crippen LogP contribution in [0.5, 0.6) is 0 Å². The Bertz CT molecular complexity index is 3560. The number of hydrogen-bond donors (Lipinski definition) is 1. The number of imidazole rings is 1. The highest BCUT2D eigenvalue weighted by atomic mass is 19.1. The lowest BCUT2D eigenvalue weighted by molar-refractivity contribution is -0.0593. The molecule has 3 fully saturated rings. The minimum atomic E-state index is -0.896. The molecule has 0 radical (unpaired) electrons. The zero-order chi connectivity index (χ0) is 48.8. The van der Waals surface area contributed by atoms with E-state index in [9.17, 15) is 9.59 Å². The van der Waals surface area contributed by atoms with Crippen LogP contribution in [0.1, 0.15) is 116 Å². The van der Waals surface area contributed by atoms with E-state index in [1.807, 2.05) is 17.9 Å². The zero-order valence-corrected chi connectivity index (χ0v) is 40.2. The lowest BCUT2D eigenvalue weighted by Crippen LogP contribution is -2.59. The molecular weight excluding hydrogens is 899 g/mol. The molecular formula is C52H54F2N10O6. The van der Waals surface area contributed by atoms with Gasteiger partial charge in [0.1, 0.15) is 22.9 Å². The van der Waals surface area contributed by atoms with Crippen LogP contribution in [0.25, 0.3) is 39.0 Å². The molecule has 70 heavy (non-hydrogen) atoms. The Kier molecular flexibility index (Phi) is 9.83. The summed E-state index contributed by atoms with van der Waals surface area (Å²) in [5.41, 5.74) is 3.07. The van der Waals surface area contributed by atoms with Crippen LogP contribution in [0, 0.1) is 31.4 Å². The third kappa shape index (κ3) is 6.51. The molecule has 1 N–H and O–H groups in total. The number of carbonyl (C=O) groups is 1. The lowest BCUT2D eigenvalue weighted by Gasteiger charge is -2.52. The zero-order valence-electron chi connectivity index (χ0n) is 40.2. The number of hydrogen-bond acceptors (Lipinski definition) is 9. The predicted octanol–water partition coefficient (Wildman–Crippen LogP) is 7.99. The number of carbonyl (C=O) groups excluding carboxylic acids is 1. The van der Waals surface area contributed by atoms with E-state index >= 15 is 13.6 Å². The van der Waals surface area contributed by atoms with Crippen molar-refractivity contribution in [2.24, 2.45) is 13.0 Å². The predicted molar refractivity (Wildman–Crippen MR) is 255 cm³/mol. The largest absolute Gasteiger partial charge is 0.438 e. The number of aromatic amines is 1. The van der Waals surface area contributed by atoms with Gasteiger partial charge in [-0.3, -0.25) is 28.1 Å². The molecule has 16 nitrogen and oxygen atoms in total. The SMILES string of the molecule is Cc1cc(-n2nc3c(c2-n2ccn(-c4ccc5c(cnn5C)c4F)c2=O)[C@H](C)N(C(=O)c2cc4cc([C@H]5CCOC(C)(C)C5)ccc4n2[C@@]2(c4noc(=O)[nH]4)C[C@@H]2C)C2(CCOCC2)C3)cc(C)c1F. The highest BCUT2D eigenvalue weighted by Gasteiger charge is 2.60. The first-order valence-electron chi connectivity index (χ1n) is 24.1. The minimum Gasteiger partial charge on any atom is -0.381 e. The second kappa shape index (κ2) is 15.5. The normalized spacial score (nSPS) is 22.9. The van der Waals surface area contributed by atoms with Crippen molar-refractivity contribution in [3.8, 4) is 17.2 Å². The molecule has 2 saturated heterocycles. The second-order valence-electron chi connectivity index (χ2n) is 20.7. The summed E-state index contributed by atoms with van der Waals surface area (Å²) in [4.78, 5) is 48.8. The maximum absolute atomic E-state index is 16.4. The van der Waals surface area contributed by atoms with Crippen LogP contribution in [0.15, 0.2) is 81.2 Å². The summed E-state index contributed by atoms with van der Waals surface area (Å²) >= 11 is 0. The van der Waals surface area contributed by atoms with Crippen LogP contribution in [0.3, 0.4) is 0 Å². The Morgan fingerprint density at radius 2 is 1.63 bits per heavy atom. The third-order valence-electron chi connectivity index (χ3n) is 15.9. The van der Waals surface area contributed by atoms with E-state index in [0.717, 1.165) is 29.3 Å². The number of aromatic nitrogens is 9. The maximum Gasteiger partial charge on any atom is 0.438 e. The van der Waals surface area contributed by atoms with Crippen molar-refractivity contribution >= 4 is 27.7 Å². The third-order valence-corrected chi connectivity index (χ3v) is 15.9. The molecule has 1 saturated carbocycles. The summed E-state index contributed by atoms with van der Waals surface area (Å²) in [6.07, 6.45) is 8.18. The van der Waals surface area contributed by atoms with Gasteiger partial charge >= 0.3 is 11.4 Å². The highest BCUT2D eigenvalue weighted by molar-refractivity contribution is 6.00. The summed E-state index contributed by atoms with van der Waals surface area (Å²) in [6.45, 7) is 13.1. The molecule has 3 aliphatic heterocycles. The van der Waals surface area contributed by atoms with Crippen LogP contribution in [-0.4, -0.2) is 85.2 Å². The van der Waals surface area contributed by atoms with Crippen LogP contribution < -0.4 is 11.4 Å². The summed E-state index contributed by atoms with van der Waals surface area (Å²) in [5, 5.41) is 14.9. The van der Waals surface area contributed by atoms with Gasteiger partial charge in [0.25, 0.3) is 5.91 Å². The van der Waals surface area contributed by atoms with Crippen molar-refractivity contribution in [2.45, 2.75) is 109 Å². The van der Waals surface area contributed by atoms with Gasteiger partial charge in [0.15, 0.2) is 11.6 Å². The van der Waals surface area contributed by atoms with Crippen LogP contribution in [0.4, 0.5) is 8.78 Å². The monoisotopic (exact) mass is 952 g/mol. The summed E-state index contributed by atoms with van der Waals surface area (Å²) in [6, 6.07) is 14.3. The number of rotatable bonds is 7. The van der Waals surface area contributed by atoms with Crippen LogP contribution in [0.2, 0.25) is 0 Å². The van der Waals surface area contributed by atoms with Gasteiger partial charge in [-0.2, -0.15) is 10.2 Å². The van der Waals surface area contributed by atoms with Crippen molar-refractivity contribution in [1.29, 1.82) is 0 Å². The molecule has 0 unspecified atom stereocenters. The molecule has 12 rings (SSSR count). The fourth-order valence-electron chi connectivity index (χ4n) is 12.4. The topological polar surface area (TPSA) is 165 Å². The molecule has 8 heterocycles. The Balaban J connectivity index is 1.06. The Hall–Kier alpha value is -6.92. The van der Waals surface area contributed by atoms with E-state index in [1.54, 1.807) is 60.7 Å². The fraction of sp³-hybridized carbons (Fsp3) is 0.423. The standard InChI is InChI=1S/C52H54F2N10O6/c1-28-20-35(21-29(2)43(28)53)64-45(61-16-15-60(49(61)67)40-11-10-39-36(44(40)54)27-55-59(39)7)42-31(4)62(51(26-37(42)57-64)13-18-68-19-14-51)46(65)41-23-34-22-32(33-12-17-69-50(5,6)25-33)8-9-38(34)63(41)52(24-30(52)3)47-56-48(66)70-58-47/h8-11,15-16,20-23,27,30-31,33H,12-14,17-19,24-26H2,1-7H3,(H,56,58,66)/t30-,31-,33-,52-/m0/s1. The number of amides is 1. The number of nitrogens with one attached hydrogen (secondary N) is 1. The molecule has 1 amide bonds. The Morgan fingerprint density at radius 3 is 2.33 bits per heavy atom. The van der Waals surface area contributed by atoms with Gasteiger partial charge in [0, 0.05) is 62.1 Å². The number of benzene rings is 3. The molecule has 362 valence electrons. The number of fused-ring (bicyclic) bond motifs is 3. The van der Waals surface area contributed by atoms with Crippen molar-refractivity contribution in [3.05, 3.63) is 139 Å². The van der Waals surface area contributed by atoms with Crippen molar-refractivity contribution in [1.82, 2.24) is 48.3 Å². The maximum atomic E-state index is 16.4. The van der Waals surface area contributed by atoms with Gasteiger partial charge in [0.05, 0.1) is 51.4 Å². The first-order chi connectivity index (χ1) is 33.5. The minimum absolute atomic E-state index is 0.0270. The quantitative estimate of drug-likeness (QED) is 0.167. The second-order valence-corrected chi connectivity index (χ2v) is 20.7. The molecule has 18 heteroatoms. The van der Waals surface area contributed by atoms with Crippen molar-refractivity contribution < 1.29 is 27.6 Å². The Morgan fingerprint density at radius 1 is 0.900 bits per heavy atom. The van der Waals surface area contributed by atoms with Crippen LogP contribution >= 0.6 is 0 Å². The molecule has 8 aromatic rings. The van der Waals surface area contributed by atoms with E-state index in [2.05, 4.69) is 58.8 Å². The van der Waals surface area contributed by atoms with E-state index in [-0.39, 0.29) is 40.2 Å². The smallest absolute Gasteiger partial charge is 0.381 e. The lowest BCUT2D eigenvalue weighted by atomic mass is 9.77. The summed E-state index contributed by atoms with van der Waals surface area (Å²) in [7, 11) is 1.72. The molecule has 0 bridgehead atoms. The van der Waals surface area contributed by atoms with Gasteiger partial charge < -0.3 is 18.9 Å². The number of ether oxygens (including phenoxy) is 2. The van der Waals surface area contributed by atoms with Gasteiger partial charge in [-0.05, 0) is 138 Å². The number of aryl methyl sites for hydroxylation is 3. The van der Waals surface area contributed by atoms with E-state index in [0.29, 0.717) is 96.4 Å². The van der Waals surface area contributed by atoms with Crippen molar-refractivity contribution in [2.75, 3.05) is 19.8 Å². The van der Waals surface area contributed by atoms with Gasteiger partial charge in [-0.15, -0.1) is 0 Å². The highest BCUT2D eigenvalue weighted by Crippen LogP contribution is 2.57. The number of H-pyrrole nitrogens is 1. The average molecular weight is 953 g/mol. The van der Waals surface area contributed by atoms with Crippen molar-refractivity contribution in [3.63, 3.8) is 0 Å². The molecule has 4 aliphatic rings. The molecule has 3 aromatic carbocycles. The molecule has 1 spiro atoms. The molecule has 1 aliphatic carbocycles. The van der Waals surface area contributed by atoms with E-state index < -0.39 is 34.4 Å².